The van der Waals surface area contributed by atoms with Crippen molar-refractivity contribution in [1.29, 1.82) is 0 Å². The van der Waals surface area contributed by atoms with E-state index in [1.165, 1.54) is 23.8 Å². The van der Waals surface area contributed by atoms with E-state index in [0.717, 1.165) is 22.9 Å². The third-order valence-electron chi connectivity index (χ3n) is 3.90. The Bertz CT molecular complexity index is 942. The third-order valence-corrected chi connectivity index (χ3v) is 4.83. The van der Waals surface area contributed by atoms with Crippen molar-refractivity contribution in [2.75, 3.05) is 5.32 Å². The molecule has 1 heterocycles. The van der Waals surface area contributed by atoms with Gasteiger partial charge in [0, 0.05) is 11.3 Å². The van der Waals surface area contributed by atoms with Crippen LogP contribution < -0.4 is 5.32 Å². The molecule has 0 aliphatic heterocycles. The van der Waals surface area contributed by atoms with E-state index in [4.69, 9.17) is 4.42 Å². The van der Waals surface area contributed by atoms with Gasteiger partial charge < -0.3 is 9.73 Å². The lowest BCUT2D eigenvalue weighted by Crippen LogP contribution is -2.22. The molecule has 1 aromatic heterocycles. The molecule has 1 atom stereocenters. The Kier molecular flexibility index (Phi) is 5.37. The molecule has 1 amide bonds. The Hall–Kier alpha value is -2.67. The highest BCUT2D eigenvalue weighted by atomic mass is 32.2. The van der Waals surface area contributed by atoms with E-state index < -0.39 is 11.1 Å². The summed E-state index contributed by atoms with van der Waals surface area (Å²) in [4.78, 5) is 12.2. The first-order valence-corrected chi connectivity index (χ1v) is 8.94. The van der Waals surface area contributed by atoms with Gasteiger partial charge >= 0.3 is 0 Å². The van der Waals surface area contributed by atoms with E-state index in [-0.39, 0.29) is 5.91 Å². The molecule has 0 spiro atoms. The number of carbonyl (C=O) groups excluding carboxylic acids is 1. The van der Waals surface area contributed by atoms with Gasteiger partial charge in [-0.2, -0.15) is 0 Å². The molecule has 0 bridgehead atoms. The van der Waals surface area contributed by atoms with Crippen molar-refractivity contribution in [3.8, 4) is 11.5 Å². The molecule has 0 aliphatic carbocycles. The molecule has 0 saturated heterocycles. The molecule has 0 unspecified atom stereocenters. The van der Waals surface area contributed by atoms with Gasteiger partial charge in [-0.05, 0) is 62.2 Å². The average Bonchev–Trinajstić information content (AvgIpc) is 3.05. The molecule has 1 N–H and O–H groups in total. The van der Waals surface area contributed by atoms with Crippen LogP contribution in [0.5, 0.6) is 0 Å². The second kappa shape index (κ2) is 7.70. The van der Waals surface area contributed by atoms with E-state index in [2.05, 4.69) is 15.5 Å². The number of amides is 1. The molecule has 3 rings (SSSR count). The lowest BCUT2D eigenvalue weighted by Gasteiger charge is -2.09. The largest absolute Gasteiger partial charge is 0.411 e. The lowest BCUT2D eigenvalue weighted by atomic mass is 10.1. The summed E-state index contributed by atoms with van der Waals surface area (Å²) in [6, 6.07) is 11.7. The zero-order valence-electron chi connectivity index (χ0n) is 14.6. The molecule has 7 heteroatoms. The average molecular weight is 371 g/mol. The standard InChI is InChI=1S/C19H18FN3O2S/c1-11-7-8-14(9-12(11)2)18-22-23-19(25-18)26-13(3)17(24)21-16-6-4-5-15(20)10-16/h4-10,13H,1-3H3,(H,21,24)/t13-/m0/s1. The first-order chi connectivity index (χ1) is 12.4. The number of nitrogens with zero attached hydrogens (tertiary/aromatic N) is 2. The highest BCUT2D eigenvalue weighted by Gasteiger charge is 2.19. The quantitative estimate of drug-likeness (QED) is 0.663. The normalized spacial score (nSPS) is 12.0. The first-order valence-electron chi connectivity index (χ1n) is 8.06. The van der Waals surface area contributed by atoms with Crippen LogP contribution in [0.25, 0.3) is 11.5 Å². The molecule has 26 heavy (non-hydrogen) atoms. The summed E-state index contributed by atoms with van der Waals surface area (Å²) in [5, 5.41) is 10.5. The number of carbonyl (C=O) groups is 1. The zero-order chi connectivity index (χ0) is 18.7. The number of aryl methyl sites for hydroxylation is 2. The van der Waals surface area contributed by atoms with E-state index in [1.54, 1.807) is 13.0 Å². The first kappa shape index (κ1) is 18.1. The van der Waals surface area contributed by atoms with Gasteiger partial charge in [0.25, 0.3) is 5.22 Å². The van der Waals surface area contributed by atoms with Crippen molar-refractivity contribution in [3.05, 3.63) is 59.4 Å². The minimum atomic E-state index is -0.480. The predicted octanol–water partition coefficient (Wildman–Crippen LogP) is 4.61. The second-order valence-corrected chi connectivity index (χ2v) is 7.22. The number of halogens is 1. The van der Waals surface area contributed by atoms with E-state index in [0.29, 0.717) is 16.8 Å². The van der Waals surface area contributed by atoms with Crippen LogP contribution in [0.2, 0.25) is 0 Å². The molecule has 2 aromatic carbocycles. The Balaban J connectivity index is 1.66. The molecule has 134 valence electrons. The Morgan fingerprint density at radius 3 is 2.69 bits per heavy atom. The summed E-state index contributed by atoms with van der Waals surface area (Å²) in [5.41, 5.74) is 3.57. The fourth-order valence-corrected chi connectivity index (χ4v) is 2.95. The maximum absolute atomic E-state index is 13.2. The van der Waals surface area contributed by atoms with Crippen LogP contribution in [0.4, 0.5) is 10.1 Å². The highest BCUT2D eigenvalue weighted by Crippen LogP contribution is 2.27. The van der Waals surface area contributed by atoms with Crippen LogP contribution in [0.3, 0.4) is 0 Å². The highest BCUT2D eigenvalue weighted by molar-refractivity contribution is 8.00. The van der Waals surface area contributed by atoms with Crippen LogP contribution in [0.1, 0.15) is 18.1 Å². The lowest BCUT2D eigenvalue weighted by molar-refractivity contribution is -0.115. The molecule has 5 nitrogen and oxygen atoms in total. The second-order valence-electron chi connectivity index (χ2n) is 5.93. The molecule has 0 fully saturated rings. The fraction of sp³-hybridized carbons (Fsp3) is 0.211. The van der Waals surface area contributed by atoms with Crippen LogP contribution in [0, 0.1) is 19.7 Å². The van der Waals surface area contributed by atoms with Gasteiger partial charge in [-0.25, -0.2) is 4.39 Å². The molecule has 3 aromatic rings. The molecule has 0 aliphatic rings. The van der Waals surface area contributed by atoms with Gasteiger partial charge in [-0.3, -0.25) is 4.79 Å². The maximum Gasteiger partial charge on any atom is 0.277 e. The van der Waals surface area contributed by atoms with Crippen molar-refractivity contribution >= 4 is 23.4 Å². The Labute approximate surface area is 155 Å². The summed E-state index contributed by atoms with van der Waals surface area (Å²) >= 11 is 1.15. The van der Waals surface area contributed by atoms with Gasteiger partial charge in [0.05, 0.1) is 5.25 Å². The van der Waals surface area contributed by atoms with Crippen molar-refractivity contribution in [3.63, 3.8) is 0 Å². The summed E-state index contributed by atoms with van der Waals surface area (Å²) in [7, 11) is 0. The number of benzene rings is 2. The van der Waals surface area contributed by atoms with Crippen molar-refractivity contribution in [1.82, 2.24) is 10.2 Å². The van der Waals surface area contributed by atoms with Crippen LogP contribution in [0.15, 0.2) is 52.1 Å². The van der Waals surface area contributed by atoms with Gasteiger partial charge in [-0.1, -0.05) is 23.9 Å². The Morgan fingerprint density at radius 1 is 1.15 bits per heavy atom. The molecule has 0 radical (unpaired) electrons. The summed E-state index contributed by atoms with van der Waals surface area (Å²) in [6.07, 6.45) is 0. The molecular weight excluding hydrogens is 353 g/mol. The summed E-state index contributed by atoms with van der Waals surface area (Å²) in [5.74, 6) is -0.266. The third kappa shape index (κ3) is 4.29. The van der Waals surface area contributed by atoms with Gasteiger partial charge in [0.2, 0.25) is 11.8 Å². The number of hydrogen-bond donors (Lipinski definition) is 1. The number of rotatable bonds is 5. The van der Waals surface area contributed by atoms with E-state index in [1.807, 2.05) is 32.0 Å². The van der Waals surface area contributed by atoms with Gasteiger partial charge in [0.15, 0.2) is 0 Å². The molecular formula is C19H18FN3O2S. The fourth-order valence-electron chi connectivity index (χ4n) is 2.26. The Morgan fingerprint density at radius 2 is 1.96 bits per heavy atom. The summed E-state index contributed by atoms with van der Waals surface area (Å²) in [6.45, 7) is 5.77. The molecule has 0 saturated carbocycles. The van der Waals surface area contributed by atoms with Gasteiger partial charge in [-0.15, -0.1) is 10.2 Å². The van der Waals surface area contributed by atoms with Gasteiger partial charge in [0.1, 0.15) is 5.82 Å². The SMILES string of the molecule is Cc1ccc(-c2nnc(S[C@@H](C)C(=O)Nc3cccc(F)c3)o2)cc1C. The smallest absolute Gasteiger partial charge is 0.277 e. The topological polar surface area (TPSA) is 68.0 Å². The van der Waals surface area contributed by atoms with Crippen molar-refractivity contribution in [2.24, 2.45) is 0 Å². The number of hydrogen-bond acceptors (Lipinski definition) is 5. The van der Waals surface area contributed by atoms with Crippen LogP contribution in [-0.4, -0.2) is 21.4 Å². The minimum absolute atomic E-state index is 0.272. The van der Waals surface area contributed by atoms with Crippen LogP contribution in [-0.2, 0) is 4.79 Å². The zero-order valence-corrected chi connectivity index (χ0v) is 15.4. The number of nitrogens with one attached hydrogen (secondary N) is 1. The number of aromatic nitrogens is 2. The monoisotopic (exact) mass is 371 g/mol. The number of thioether (sulfide) groups is 1. The minimum Gasteiger partial charge on any atom is -0.411 e. The predicted molar refractivity (Wildman–Crippen MR) is 99.6 cm³/mol. The van der Waals surface area contributed by atoms with Crippen LogP contribution >= 0.6 is 11.8 Å². The van der Waals surface area contributed by atoms with E-state index >= 15 is 0 Å². The summed E-state index contributed by atoms with van der Waals surface area (Å²) < 4.78 is 18.8. The van der Waals surface area contributed by atoms with Crippen molar-refractivity contribution in [2.45, 2.75) is 31.2 Å². The van der Waals surface area contributed by atoms with Crippen molar-refractivity contribution < 1.29 is 13.6 Å². The van der Waals surface area contributed by atoms with E-state index in [9.17, 15) is 9.18 Å². The number of anilines is 1. The maximum atomic E-state index is 13.2.